The van der Waals surface area contributed by atoms with Crippen molar-refractivity contribution < 1.29 is 31.9 Å². The third-order valence-electron chi connectivity index (χ3n) is 5.82. The zero-order chi connectivity index (χ0) is 28.8. The van der Waals surface area contributed by atoms with Crippen LogP contribution in [0.4, 0.5) is 34.6 Å². The SMILES string of the molecule is CC(=O)Nc1c(F)ccc(NC(=O)c2cc(NC(=O)[C@H]3C(c4ccc(Cl)c(Cl)c4)C3(Cl)Cl)cc(F)c2F)c1F. The molecule has 0 spiro atoms. The van der Waals surface area contributed by atoms with Crippen LogP contribution in [0.5, 0.6) is 0 Å². The molecule has 14 heteroatoms. The van der Waals surface area contributed by atoms with Gasteiger partial charge in [0.15, 0.2) is 17.5 Å². The van der Waals surface area contributed by atoms with Crippen LogP contribution in [0.2, 0.25) is 10.0 Å². The summed E-state index contributed by atoms with van der Waals surface area (Å²) in [5.74, 6) is -10.2. The van der Waals surface area contributed by atoms with Crippen molar-refractivity contribution >= 4 is 81.2 Å². The lowest BCUT2D eigenvalue weighted by molar-refractivity contribution is -0.117. The quantitative estimate of drug-likeness (QED) is 0.199. The number of hydrogen-bond acceptors (Lipinski definition) is 3. The Kier molecular flexibility index (Phi) is 8.05. The summed E-state index contributed by atoms with van der Waals surface area (Å²) in [7, 11) is 0. The highest BCUT2D eigenvalue weighted by Gasteiger charge is 2.67. The second kappa shape index (κ2) is 10.8. The Hall–Kier alpha value is -3.05. The predicted molar refractivity (Wildman–Crippen MR) is 141 cm³/mol. The number of carbonyl (C=O) groups is 3. The molecule has 0 radical (unpaired) electrons. The number of anilines is 3. The smallest absolute Gasteiger partial charge is 0.258 e. The highest BCUT2D eigenvalue weighted by Crippen LogP contribution is 2.65. The number of benzene rings is 3. The van der Waals surface area contributed by atoms with E-state index >= 15 is 0 Å². The van der Waals surface area contributed by atoms with Crippen LogP contribution in [0, 0.1) is 29.2 Å². The van der Waals surface area contributed by atoms with Gasteiger partial charge in [0, 0.05) is 24.6 Å². The molecule has 3 aromatic carbocycles. The van der Waals surface area contributed by atoms with Crippen molar-refractivity contribution in [1.82, 2.24) is 0 Å². The summed E-state index contributed by atoms with van der Waals surface area (Å²) in [5, 5.41) is 6.74. The van der Waals surface area contributed by atoms with Crippen molar-refractivity contribution in [3.05, 3.63) is 86.9 Å². The zero-order valence-electron chi connectivity index (χ0n) is 19.4. The van der Waals surface area contributed by atoms with Crippen LogP contribution in [0.1, 0.15) is 28.8 Å². The van der Waals surface area contributed by atoms with E-state index in [1.807, 2.05) is 10.6 Å². The lowest BCUT2D eigenvalue weighted by atomic mass is 10.1. The summed E-state index contributed by atoms with van der Waals surface area (Å²) in [6.07, 6.45) is 0. The molecule has 0 heterocycles. The number of alkyl halides is 2. The topological polar surface area (TPSA) is 87.3 Å². The first-order valence-electron chi connectivity index (χ1n) is 10.9. The van der Waals surface area contributed by atoms with Gasteiger partial charge in [-0.3, -0.25) is 14.4 Å². The van der Waals surface area contributed by atoms with E-state index < -0.39 is 74.1 Å². The summed E-state index contributed by atoms with van der Waals surface area (Å²) in [6, 6.07) is 7.58. The van der Waals surface area contributed by atoms with Gasteiger partial charge in [-0.05, 0) is 35.9 Å². The molecule has 3 N–H and O–H groups in total. The minimum atomic E-state index is -1.60. The van der Waals surface area contributed by atoms with E-state index in [0.29, 0.717) is 11.6 Å². The molecule has 1 aliphatic rings. The van der Waals surface area contributed by atoms with Gasteiger partial charge >= 0.3 is 0 Å². The monoisotopic (exact) mass is 621 g/mol. The first kappa shape index (κ1) is 28.9. The van der Waals surface area contributed by atoms with Gasteiger partial charge in [-0.1, -0.05) is 29.3 Å². The third kappa shape index (κ3) is 5.79. The maximum absolute atomic E-state index is 14.7. The molecule has 4 rings (SSSR count). The van der Waals surface area contributed by atoms with Crippen LogP contribution < -0.4 is 16.0 Å². The molecule has 1 saturated carbocycles. The number of carbonyl (C=O) groups excluding carboxylic acids is 3. The van der Waals surface area contributed by atoms with Crippen LogP contribution in [-0.4, -0.2) is 22.1 Å². The molecule has 0 aliphatic heterocycles. The fraction of sp³-hybridized carbons (Fsp3) is 0.160. The standard InChI is InChI=1S/C25H15Cl4F4N3O3/c1-9(37)34-22-15(30)4-5-17(21(22)33)36-23(38)12-7-11(8-16(31)20(12)32)35-24(39)19-18(25(19,28)29)10-2-3-13(26)14(27)6-10/h2-8,18-19H,1H3,(H,34,37)(H,35,39)(H,36,38)/t18?,19-/m1/s1. The van der Waals surface area contributed by atoms with E-state index in [1.54, 1.807) is 6.07 Å². The molecule has 6 nitrogen and oxygen atoms in total. The molecule has 3 amide bonds. The first-order valence-corrected chi connectivity index (χ1v) is 12.4. The fourth-order valence-corrected chi connectivity index (χ4v) is 5.08. The van der Waals surface area contributed by atoms with E-state index in [1.165, 1.54) is 12.1 Å². The minimum Gasteiger partial charge on any atom is -0.326 e. The summed E-state index contributed by atoms with van der Waals surface area (Å²) in [4.78, 5) is 36.8. The van der Waals surface area contributed by atoms with Crippen molar-refractivity contribution in [2.45, 2.75) is 17.2 Å². The average Bonchev–Trinajstić information content (AvgIpc) is 3.44. The number of amides is 3. The zero-order valence-corrected chi connectivity index (χ0v) is 22.5. The van der Waals surface area contributed by atoms with E-state index in [-0.39, 0.29) is 15.7 Å². The van der Waals surface area contributed by atoms with Crippen molar-refractivity contribution in [2.75, 3.05) is 16.0 Å². The Morgan fingerprint density at radius 1 is 0.821 bits per heavy atom. The van der Waals surface area contributed by atoms with Crippen LogP contribution in [-0.2, 0) is 9.59 Å². The Balaban J connectivity index is 1.56. The van der Waals surface area contributed by atoms with E-state index in [4.69, 9.17) is 46.4 Å². The molecule has 2 atom stereocenters. The van der Waals surface area contributed by atoms with Crippen molar-refractivity contribution in [2.24, 2.45) is 5.92 Å². The summed E-state index contributed by atoms with van der Waals surface area (Å²) in [5.41, 5.74) is -2.20. The summed E-state index contributed by atoms with van der Waals surface area (Å²) < 4.78 is 55.9. The second-order valence-electron chi connectivity index (χ2n) is 8.53. The Morgan fingerprint density at radius 2 is 1.51 bits per heavy atom. The van der Waals surface area contributed by atoms with E-state index in [2.05, 4.69) is 5.32 Å². The van der Waals surface area contributed by atoms with Gasteiger partial charge in [-0.2, -0.15) is 0 Å². The molecule has 204 valence electrons. The second-order valence-corrected chi connectivity index (χ2v) is 10.8. The fourth-order valence-electron chi connectivity index (χ4n) is 3.95. The van der Waals surface area contributed by atoms with Crippen LogP contribution in [0.3, 0.4) is 0 Å². The van der Waals surface area contributed by atoms with Crippen LogP contribution >= 0.6 is 46.4 Å². The molecule has 1 fully saturated rings. The molecule has 1 unspecified atom stereocenters. The van der Waals surface area contributed by atoms with Crippen molar-refractivity contribution in [3.8, 4) is 0 Å². The molecule has 0 saturated heterocycles. The number of rotatable bonds is 6. The molecule has 39 heavy (non-hydrogen) atoms. The number of hydrogen-bond donors (Lipinski definition) is 3. The van der Waals surface area contributed by atoms with Gasteiger partial charge in [-0.15, -0.1) is 23.2 Å². The largest absolute Gasteiger partial charge is 0.326 e. The first-order chi connectivity index (χ1) is 18.2. The van der Waals surface area contributed by atoms with Gasteiger partial charge in [0.1, 0.15) is 15.8 Å². The Bertz CT molecular complexity index is 1540. The lowest BCUT2D eigenvalue weighted by Gasteiger charge is -2.13. The Labute approximate surface area is 238 Å². The van der Waals surface area contributed by atoms with Gasteiger partial charge in [-0.25, -0.2) is 17.6 Å². The lowest BCUT2D eigenvalue weighted by Crippen LogP contribution is -2.20. The third-order valence-corrected chi connectivity index (χ3v) is 7.50. The molecule has 0 aromatic heterocycles. The van der Waals surface area contributed by atoms with Gasteiger partial charge in [0.25, 0.3) is 5.91 Å². The highest BCUT2D eigenvalue weighted by molar-refractivity contribution is 6.53. The molecule has 1 aliphatic carbocycles. The minimum absolute atomic E-state index is 0.211. The highest BCUT2D eigenvalue weighted by atomic mass is 35.5. The predicted octanol–water partition coefficient (Wildman–Crippen LogP) is 7.29. The van der Waals surface area contributed by atoms with Crippen molar-refractivity contribution in [1.29, 1.82) is 0 Å². The average molecular weight is 623 g/mol. The molecular weight excluding hydrogens is 608 g/mol. The summed E-state index contributed by atoms with van der Waals surface area (Å²) >= 11 is 24.5. The van der Waals surface area contributed by atoms with Gasteiger partial charge in [0.2, 0.25) is 11.8 Å². The maximum atomic E-state index is 14.7. The van der Waals surface area contributed by atoms with Crippen molar-refractivity contribution in [3.63, 3.8) is 0 Å². The number of halogens is 8. The molecule has 3 aromatic rings. The van der Waals surface area contributed by atoms with Crippen LogP contribution in [0.25, 0.3) is 0 Å². The molecular formula is C25H15Cl4F4N3O3. The van der Waals surface area contributed by atoms with Gasteiger partial charge in [0.05, 0.1) is 27.2 Å². The maximum Gasteiger partial charge on any atom is 0.258 e. The normalized spacial score (nSPS) is 17.4. The van der Waals surface area contributed by atoms with E-state index in [0.717, 1.165) is 25.1 Å². The van der Waals surface area contributed by atoms with Crippen LogP contribution in [0.15, 0.2) is 42.5 Å². The summed E-state index contributed by atoms with van der Waals surface area (Å²) in [6.45, 7) is 1.01. The van der Waals surface area contributed by atoms with E-state index in [9.17, 15) is 31.9 Å². The molecule has 0 bridgehead atoms. The van der Waals surface area contributed by atoms with Gasteiger partial charge < -0.3 is 16.0 Å². The Morgan fingerprint density at radius 3 is 2.15 bits per heavy atom. The number of nitrogens with one attached hydrogen (secondary N) is 3.